The minimum atomic E-state index is -4.58. The van der Waals surface area contributed by atoms with E-state index in [9.17, 15) is 31.5 Å². The largest absolute Gasteiger partial charge is 0.485 e. The highest BCUT2D eigenvalue weighted by molar-refractivity contribution is 5.85. The molecule has 0 radical (unpaired) electrons. The molecule has 1 fully saturated rings. The number of morpholine rings is 1. The SMILES string of the molecule is C[C@H]1O[C@H](COc2c(F)cncc2N[C@H](C(N)=O)C(c2ccc(F)cc2)c2ccc(F)cc2)CN[C@@H]1COC(=O)NCC(F)(F)F. The second-order valence-electron chi connectivity index (χ2n) is 10.5. The molecule has 4 atom stereocenters. The Morgan fingerprint density at radius 1 is 1.02 bits per heavy atom. The van der Waals surface area contributed by atoms with Crippen LogP contribution in [0.4, 0.5) is 36.8 Å². The number of nitrogens with zero attached hydrogens (tertiary/aromatic N) is 1. The molecule has 10 nitrogen and oxygen atoms in total. The van der Waals surface area contributed by atoms with E-state index in [4.69, 9.17) is 19.9 Å². The summed E-state index contributed by atoms with van der Waals surface area (Å²) in [6, 6.07) is 8.77. The highest BCUT2D eigenvalue weighted by Gasteiger charge is 2.33. The molecular weight excluding hydrogens is 624 g/mol. The van der Waals surface area contributed by atoms with Gasteiger partial charge in [-0.3, -0.25) is 9.78 Å². The Labute approximate surface area is 259 Å². The van der Waals surface area contributed by atoms with Crippen LogP contribution < -0.4 is 26.4 Å². The van der Waals surface area contributed by atoms with Gasteiger partial charge in [-0.25, -0.2) is 18.0 Å². The van der Waals surface area contributed by atoms with Crippen molar-refractivity contribution in [3.05, 3.63) is 89.5 Å². The summed E-state index contributed by atoms with van der Waals surface area (Å²) in [6.45, 7) is -0.198. The molecule has 1 aromatic heterocycles. The van der Waals surface area contributed by atoms with Crippen molar-refractivity contribution in [2.75, 3.05) is 31.6 Å². The average molecular weight is 656 g/mol. The molecule has 248 valence electrons. The number of pyridine rings is 1. The number of nitrogens with two attached hydrogens (primary N) is 1. The number of hydrogen-bond acceptors (Lipinski definition) is 8. The number of primary amides is 1. The van der Waals surface area contributed by atoms with E-state index in [0.717, 1.165) is 6.20 Å². The van der Waals surface area contributed by atoms with Crippen molar-refractivity contribution in [1.82, 2.24) is 15.6 Å². The number of carbonyl (C=O) groups excluding carboxylic acids is 2. The smallest absolute Gasteiger partial charge is 0.407 e. The van der Waals surface area contributed by atoms with Crippen LogP contribution in [0, 0.1) is 17.5 Å². The Hall–Kier alpha value is -4.57. The first kappa shape index (κ1) is 34.3. The van der Waals surface area contributed by atoms with Gasteiger partial charge in [0, 0.05) is 12.5 Å². The highest BCUT2D eigenvalue weighted by Crippen LogP contribution is 2.34. The summed E-state index contributed by atoms with van der Waals surface area (Å²) in [5, 5.41) is 7.55. The highest BCUT2D eigenvalue weighted by atomic mass is 19.4. The number of rotatable bonds is 12. The Kier molecular flexibility index (Phi) is 11.3. The third-order valence-electron chi connectivity index (χ3n) is 7.08. The van der Waals surface area contributed by atoms with Crippen LogP contribution >= 0.6 is 0 Å². The average Bonchev–Trinajstić information content (AvgIpc) is 3.00. The first-order valence-corrected chi connectivity index (χ1v) is 14.0. The molecule has 2 heterocycles. The van der Waals surface area contributed by atoms with Gasteiger partial charge in [0.1, 0.15) is 43.5 Å². The van der Waals surface area contributed by atoms with Crippen molar-refractivity contribution >= 4 is 17.7 Å². The Balaban J connectivity index is 1.44. The summed E-state index contributed by atoms with van der Waals surface area (Å²) in [7, 11) is 0. The molecule has 16 heteroatoms. The van der Waals surface area contributed by atoms with Crippen LogP contribution in [0.15, 0.2) is 60.9 Å². The monoisotopic (exact) mass is 655 g/mol. The number of hydrogen-bond donors (Lipinski definition) is 4. The van der Waals surface area contributed by atoms with Gasteiger partial charge in [-0.2, -0.15) is 13.2 Å². The summed E-state index contributed by atoms with van der Waals surface area (Å²) in [5.41, 5.74) is 6.67. The van der Waals surface area contributed by atoms with Gasteiger partial charge in [0.05, 0.1) is 30.2 Å². The lowest BCUT2D eigenvalue weighted by molar-refractivity contribution is -0.124. The number of anilines is 1. The van der Waals surface area contributed by atoms with E-state index < -0.39 is 72.4 Å². The molecule has 3 aromatic rings. The van der Waals surface area contributed by atoms with Crippen molar-refractivity contribution in [3.63, 3.8) is 0 Å². The quantitative estimate of drug-likeness (QED) is 0.215. The maximum atomic E-state index is 15.0. The van der Waals surface area contributed by atoms with Gasteiger partial charge in [0.15, 0.2) is 11.6 Å². The van der Waals surface area contributed by atoms with E-state index in [1.54, 1.807) is 12.2 Å². The normalized spacial score (nSPS) is 18.9. The molecule has 46 heavy (non-hydrogen) atoms. The fourth-order valence-electron chi connectivity index (χ4n) is 4.83. The number of carbonyl (C=O) groups is 2. The topological polar surface area (TPSA) is 137 Å². The van der Waals surface area contributed by atoms with Crippen LogP contribution in [0.5, 0.6) is 5.75 Å². The van der Waals surface area contributed by atoms with Gasteiger partial charge in [0.2, 0.25) is 5.91 Å². The predicted octanol–water partition coefficient (Wildman–Crippen LogP) is 4.01. The van der Waals surface area contributed by atoms with Crippen LogP contribution in [0.25, 0.3) is 0 Å². The zero-order valence-electron chi connectivity index (χ0n) is 24.3. The van der Waals surface area contributed by atoms with E-state index in [1.165, 1.54) is 54.7 Å². The van der Waals surface area contributed by atoms with E-state index in [1.807, 2.05) is 0 Å². The molecule has 0 unspecified atom stereocenters. The molecule has 5 N–H and O–H groups in total. The lowest BCUT2D eigenvalue weighted by Crippen LogP contribution is -2.55. The summed E-state index contributed by atoms with van der Waals surface area (Å²) in [4.78, 5) is 28.2. The summed E-state index contributed by atoms with van der Waals surface area (Å²) < 4.78 is 95.8. The number of aromatic nitrogens is 1. The second-order valence-corrected chi connectivity index (χ2v) is 10.5. The zero-order chi connectivity index (χ0) is 33.4. The van der Waals surface area contributed by atoms with Gasteiger partial charge in [-0.05, 0) is 42.3 Å². The molecule has 1 saturated heterocycles. The Morgan fingerprint density at radius 2 is 1.63 bits per heavy atom. The summed E-state index contributed by atoms with van der Waals surface area (Å²) in [6.07, 6.45) is -4.91. The summed E-state index contributed by atoms with van der Waals surface area (Å²) in [5.74, 6) is -3.94. The Bertz CT molecular complexity index is 1430. The molecule has 0 saturated carbocycles. The van der Waals surface area contributed by atoms with Crippen molar-refractivity contribution in [2.45, 2.75) is 43.3 Å². The van der Waals surface area contributed by atoms with Gasteiger partial charge < -0.3 is 35.9 Å². The van der Waals surface area contributed by atoms with Crippen molar-refractivity contribution in [3.8, 4) is 5.75 Å². The van der Waals surface area contributed by atoms with E-state index in [2.05, 4.69) is 15.6 Å². The molecule has 0 aliphatic carbocycles. The number of halogens is 6. The van der Waals surface area contributed by atoms with Crippen molar-refractivity contribution < 1.29 is 50.1 Å². The Morgan fingerprint density at radius 3 is 2.17 bits per heavy atom. The number of alkyl halides is 3. The fraction of sp³-hybridized carbons (Fsp3) is 0.367. The number of nitrogens with one attached hydrogen (secondary N) is 3. The van der Waals surface area contributed by atoms with E-state index in [-0.39, 0.29) is 31.2 Å². The lowest BCUT2D eigenvalue weighted by atomic mass is 9.84. The van der Waals surface area contributed by atoms with E-state index >= 15 is 4.39 Å². The third-order valence-corrected chi connectivity index (χ3v) is 7.08. The predicted molar refractivity (Wildman–Crippen MR) is 152 cm³/mol. The van der Waals surface area contributed by atoms with Gasteiger partial charge in [0.25, 0.3) is 0 Å². The third kappa shape index (κ3) is 9.47. The van der Waals surface area contributed by atoms with Gasteiger partial charge >= 0.3 is 12.3 Å². The number of alkyl carbamates (subject to hydrolysis) is 1. The number of amides is 2. The molecule has 1 aliphatic rings. The maximum absolute atomic E-state index is 15.0. The van der Waals surface area contributed by atoms with Crippen molar-refractivity contribution in [2.24, 2.45) is 5.73 Å². The minimum Gasteiger partial charge on any atom is -0.485 e. The van der Waals surface area contributed by atoms with Crippen LogP contribution in [-0.4, -0.2) is 73.8 Å². The minimum absolute atomic E-state index is 0.0361. The molecule has 2 amide bonds. The maximum Gasteiger partial charge on any atom is 0.407 e. The lowest BCUT2D eigenvalue weighted by Gasteiger charge is -2.35. The molecule has 4 rings (SSSR count). The molecular formula is C30H31F6N5O5. The van der Waals surface area contributed by atoms with Crippen LogP contribution in [0.1, 0.15) is 24.0 Å². The van der Waals surface area contributed by atoms with Crippen molar-refractivity contribution in [1.29, 1.82) is 0 Å². The standard InChI is InChI=1S/C30H31F6N5O5/c1-16-24(14-45-29(43)40-15-30(34,35)36)39-10-21(46-16)13-44-27-22(33)11-38-12-23(27)41-26(28(37)42)25(17-2-6-19(31)7-3-17)18-4-8-20(32)9-5-18/h2-9,11-12,16,21,24-26,39,41H,10,13-15H2,1H3,(H2,37,42)(H,40,43)/t16-,21+,24-,26+/m1/s1. The number of benzene rings is 2. The van der Waals surface area contributed by atoms with Crippen LogP contribution in [-0.2, 0) is 14.3 Å². The molecule has 0 spiro atoms. The van der Waals surface area contributed by atoms with Gasteiger partial charge in [-0.15, -0.1) is 0 Å². The first-order valence-electron chi connectivity index (χ1n) is 14.0. The first-order chi connectivity index (χ1) is 21.8. The molecule has 0 bridgehead atoms. The molecule has 2 aromatic carbocycles. The zero-order valence-corrected chi connectivity index (χ0v) is 24.3. The van der Waals surface area contributed by atoms with E-state index in [0.29, 0.717) is 11.1 Å². The summed E-state index contributed by atoms with van der Waals surface area (Å²) >= 11 is 0. The van der Waals surface area contributed by atoms with Gasteiger partial charge in [-0.1, -0.05) is 24.3 Å². The number of ether oxygens (including phenoxy) is 3. The van der Waals surface area contributed by atoms with Crippen LogP contribution in [0.2, 0.25) is 0 Å². The second kappa shape index (κ2) is 15.1. The molecule has 1 aliphatic heterocycles. The fourth-order valence-corrected chi connectivity index (χ4v) is 4.83. The van der Waals surface area contributed by atoms with Crippen LogP contribution in [0.3, 0.4) is 0 Å².